The van der Waals surface area contributed by atoms with Crippen LogP contribution in [0.25, 0.3) is 5.52 Å². The smallest absolute Gasteiger partial charge is 0.234 e. The molecule has 0 spiro atoms. The topological polar surface area (TPSA) is 113 Å². The van der Waals surface area contributed by atoms with E-state index >= 15 is 0 Å². The van der Waals surface area contributed by atoms with Gasteiger partial charge in [0.25, 0.3) is 0 Å². The lowest BCUT2D eigenvalue weighted by atomic mass is 9.96. The molecule has 27 heavy (non-hydrogen) atoms. The summed E-state index contributed by atoms with van der Waals surface area (Å²) in [6, 6.07) is 5.08. The zero-order valence-electron chi connectivity index (χ0n) is 15.1. The zero-order chi connectivity index (χ0) is 19.4. The zero-order valence-corrected chi connectivity index (χ0v) is 15.9. The van der Waals surface area contributed by atoms with Gasteiger partial charge in [-0.05, 0) is 31.0 Å². The SMILES string of the molecule is CC(=O)N1CCC(C(=O)NCCS(=O)(=O)Nc2ccn3nccc3c2)CC1. The molecule has 0 radical (unpaired) electrons. The average Bonchev–Trinajstić information content (AvgIpc) is 3.09. The van der Waals surface area contributed by atoms with Gasteiger partial charge >= 0.3 is 0 Å². The first kappa shape index (κ1) is 19.2. The summed E-state index contributed by atoms with van der Waals surface area (Å²) in [5, 5.41) is 6.74. The van der Waals surface area contributed by atoms with E-state index in [2.05, 4.69) is 15.1 Å². The number of amides is 2. The van der Waals surface area contributed by atoms with Crippen LogP contribution in [0.4, 0.5) is 5.69 Å². The molecule has 2 N–H and O–H groups in total. The van der Waals surface area contributed by atoms with Crippen LogP contribution in [0, 0.1) is 5.92 Å². The molecular formula is C17H23N5O4S. The van der Waals surface area contributed by atoms with Gasteiger partial charge in [0.2, 0.25) is 21.8 Å². The summed E-state index contributed by atoms with van der Waals surface area (Å²) in [5.41, 5.74) is 1.23. The van der Waals surface area contributed by atoms with Crippen molar-refractivity contribution in [3.8, 4) is 0 Å². The number of hydrogen-bond acceptors (Lipinski definition) is 5. The van der Waals surface area contributed by atoms with Crippen molar-refractivity contribution in [2.24, 2.45) is 5.92 Å². The van der Waals surface area contributed by atoms with Gasteiger partial charge < -0.3 is 10.2 Å². The summed E-state index contributed by atoms with van der Waals surface area (Å²) in [6.07, 6.45) is 4.50. The minimum absolute atomic E-state index is 0.0140. The highest BCUT2D eigenvalue weighted by molar-refractivity contribution is 7.92. The third-order valence-corrected chi connectivity index (χ3v) is 5.94. The number of likely N-dealkylation sites (tertiary alicyclic amines) is 1. The quantitative estimate of drug-likeness (QED) is 0.740. The molecule has 1 saturated heterocycles. The lowest BCUT2D eigenvalue weighted by Crippen LogP contribution is -2.43. The van der Waals surface area contributed by atoms with Crippen molar-refractivity contribution in [1.82, 2.24) is 19.8 Å². The van der Waals surface area contributed by atoms with E-state index in [1.807, 2.05) is 0 Å². The molecule has 1 aliphatic rings. The number of pyridine rings is 1. The van der Waals surface area contributed by atoms with Crippen molar-refractivity contribution in [1.29, 1.82) is 0 Å². The van der Waals surface area contributed by atoms with Gasteiger partial charge in [-0.3, -0.25) is 14.3 Å². The number of rotatable bonds is 6. The number of nitrogens with one attached hydrogen (secondary N) is 2. The first-order valence-electron chi connectivity index (χ1n) is 8.81. The minimum atomic E-state index is -3.58. The van der Waals surface area contributed by atoms with Gasteiger partial charge in [0.05, 0.1) is 17.0 Å². The van der Waals surface area contributed by atoms with Gasteiger partial charge in [-0.25, -0.2) is 12.9 Å². The summed E-state index contributed by atoms with van der Waals surface area (Å²) in [5.74, 6) is -0.537. The Balaban J connectivity index is 1.46. The molecule has 2 aromatic rings. The summed E-state index contributed by atoms with van der Waals surface area (Å²) >= 11 is 0. The first-order chi connectivity index (χ1) is 12.8. The van der Waals surface area contributed by atoms with Crippen LogP contribution >= 0.6 is 0 Å². The fourth-order valence-electron chi connectivity index (χ4n) is 3.13. The van der Waals surface area contributed by atoms with Crippen LogP contribution in [0.2, 0.25) is 0 Å². The molecular weight excluding hydrogens is 370 g/mol. The fourth-order valence-corrected chi connectivity index (χ4v) is 4.08. The molecule has 3 rings (SSSR count). The van der Waals surface area contributed by atoms with Crippen molar-refractivity contribution in [3.63, 3.8) is 0 Å². The molecule has 10 heteroatoms. The number of hydrogen-bond donors (Lipinski definition) is 2. The van der Waals surface area contributed by atoms with Gasteiger partial charge in [-0.15, -0.1) is 0 Å². The number of carbonyl (C=O) groups is 2. The van der Waals surface area contributed by atoms with Gasteiger partial charge in [0.15, 0.2) is 0 Å². The summed E-state index contributed by atoms with van der Waals surface area (Å²) in [4.78, 5) is 25.2. The lowest BCUT2D eigenvalue weighted by molar-refractivity contribution is -0.133. The number of anilines is 1. The number of fused-ring (bicyclic) bond motifs is 1. The van der Waals surface area contributed by atoms with E-state index in [4.69, 9.17) is 0 Å². The molecule has 2 amide bonds. The van der Waals surface area contributed by atoms with Crippen LogP contribution < -0.4 is 10.0 Å². The summed E-state index contributed by atoms with van der Waals surface area (Å²) in [6.45, 7) is 2.67. The highest BCUT2D eigenvalue weighted by Gasteiger charge is 2.26. The molecule has 3 heterocycles. The third-order valence-electron chi connectivity index (χ3n) is 4.65. The maximum absolute atomic E-state index is 12.2. The molecule has 0 atom stereocenters. The Bertz CT molecular complexity index is 932. The standard InChI is InChI=1S/C17H23N5O4S/c1-13(23)21-8-3-14(4-9-21)17(24)18-7-11-27(25,26)20-15-5-10-22-16(12-15)2-6-19-22/h2,5-6,10,12,14,20H,3-4,7-9,11H2,1H3,(H,18,24). The summed E-state index contributed by atoms with van der Waals surface area (Å²) < 4.78 is 28.6. The Morgan fingerprint density at radius 3 is 2.70 bits per heavy atom. The normalized spacial score (nSPS) is 15.7. The second-order valence-electron chi connectivity index (χ2n) is 6.61. The van der Waals surface area contributed by atoms with E-state index < -0.39 is 10.0 Å². The maximum atomic E-state index is 12.2. The minimum Gasteiger partial charge on any atom is -0.355 e. The largest absolute Gasteiger partial charge is 0.355 e. The number of nitrogens with zero attached hydrogens (tertiary/aromatic N) is 3. The maximum Gasteiger partial charge on any atom is 0.234 e. The van der Waals surface area contributed by atoms with Crippen LogP contribution in [0.1, 0.15) is 19.8 Å². The molecule has 0 bridgehead atoms. The Labute approximate surface area is 157 Å². The van der Waals surface area contributed by atoms with E-state index in [0.717, 1.165) is 5.52 Å². The van der Waals surface area contributed by atoms with E-state index in [0.29, 0.717) is 31.6 Å². The van der Waals surface area contributed by atoms with E-state index in [-0.39, 0.29) is 30.0 Å². The van der Waals surface area contributed by atoms with Crippen molar-refractivity contribution in [3.05, 3.63) is 30.6 Å². The molecule has 0 unspecified atom stereocenters. The molecule has 146 valence electrons. The van der Waals surface area contributed by atoms with Crippen molar-refractivity contribution < 1.29 is 18.0 Å². The van der Waals surface area contributed by atoms with Crippen molar-refractivity contribution in [2.45, 2.75) is 19.8 Å². The molecule has 0 aliphatic carbocycles. The number of piperidine rings is 1. The Kier molecular flexibility index (Phi) is 5.64. The highest BCUT2D eigenvalue weighted by atomic mass is 32.2. The first-order valence-corrected chi connectivity index (χ1v) is 10.5. The Hall–Kier alpha value is -2.62. The van der Waals surface area contributed by atoms with Gasteiger partial charge in [-0.1, -0.05) is 0 Å². The van der Waals surface area contributed by atoms with Crippen LogP contribution in [0.15, 0.2) is 30.6 Å². The second-order valence-corrected chi connectivity index (χ2v) is 8.45. The van der Waals surface area contributed by atoms with E-state index in [9.17, 15) is 18.0 Å². The van der Waals surface area contributed by atoms with Crippen molar-refractivity contribution >= 4 is 33.0 Å². The molecule has 2 aromatic heterocycles. The number of carbonyl (C=O) groups excluding carboxylic acids is 2. The average molecular weight is 393 g/mol. The summed E-state index contributed by atoms with van der Waals surface area (Å²) in [7, 11) is -3.58. The predicted molar refractivity (Wildman–Crippen MR) is 101 cm³/mol. The molecule has 0 aromatic carbocycles. The second kappa shape index (κ2) is 7.95. The van der Waals surface area contributed by atoms with Gasteiger partial charge in [0.1, 0.15) is 0 Å². The van der Waals surface area contributed by atoms with Gasteiger partial charge in [0, 0.05) is 44.9 Å². The molecule has 9 nitrogen and oxygen atoms in total. The predicted octanol–water partition coefficient (Wildman–Crippen LogP) is 0.451. The Morgan fingerprint density at radius 2 is 2.00 bits per heavy atom. The van der Waals surface area contributed by atoms with E-state index in [1.54, 1.807) is 40.0 Å². The fraction of sp³-hybridized carbons (Fsp3) is 0.471. The third kappa shape index (κ3) is 4.97. The lowest BCUT2D eigenvalue weighted by Gasteiger charge is -2.30. The van der Waals surface area contributed by atoms with Crippen LogP contribution in [0.3, 0.4) is 0 Å². The van der Waals surface area contributed by atoms with Crippen LogP contribution in [-0.2, 0) is 19.6 Å². The van der Waals surface area contributed by atoms with Crippen LogP contribution in [-0.4, -0.2) is 60.1 Å². The van der Waals surface area contributed by atoms with Crippen LogP contribution in [0.5, 0.6) is 0 Å². The molecule has 1 fully saturated rings. The number of sulfonamides is 1. The molecule has 0 saturated carbocycles. The monoisotopic (exact) mass is 393 g/mol. The highest BCUT2D eigenvalue weighted by Crippen LogP contribution is 2.17. The van der Waals surface area contributed by atoms with E-state index in [1.165, 1.54) is 6.92 Å². The Morgan fingerprint density at radius 1 is 1.26 bits per heavy atom. The molecule has 1 aliphatic heterocycles. The van der Waals surface area contributed by atoms with Crippen molar-refractivity contribution in [2.75, 3.05) is 30.1 Å². The number of aromatic nitrogens is 2. The van der Waals surface area contributed by atoms with Gasteiger partial charge in [-0.2, -0.15) is 5.10 Å².